The average molecular weight is 298 g/mol. The molecule has 2 nitrogen and oxygen atoms in total. The van der Waals surface area contributed by atoms with E-state index in [-0.39, 0.29) is 11.5 Å². The molecule has 0 saturated heterocycles. The number of hydrogen-bond acceptors (Lipinski definition) is 2. The number of ether oxygens (including phenoxy) is 1. The fourth-order valence-corrected chi connectivity index (χ4v) is 2.42. The second-order valence-corrected chi connectivity index (χ2v) is 6.40. The lowest BCUT2D eigenvalue weighted by atomic mass is 9.81. The van der Waals surface area contributed by atoms with Crippen LogP contribution in [0.4, 0.5) is 0 Å². The zero-order valence-electron chi connectivity index (χ0n) is 13.4. The Morgan fingerprint density at radius 3 is 2.40 bits per heavy atom. The monoisotopic (exact) mass is 297 g/mol. The summed E-state index contributed by atoms with van der Waals surface area (Å²) in [5, 5.41) is 0.698. The molecule has 0 aliphatic heterocycles. The first-order chi connectivity index (χ1) is 9.35. The molecule has 1 aromatic carbocycles. The molecule has 1 unspecified atom stereocenters. The molecule has 0 fully saturated rings. The lowest BCUT2D eigenvalue weighted by Gasteiger charge is -2.26. The minimum absolute atomic E-state index is 0.111. The van der Waals surface area contributed by atoms with E-state index in [9.17, 15) is 0 Å². The van der Waals surface area contributed by atoms with Crippen molar-refractivity contribution in [2.75, 3.05) is 6.61 Å². The second kappa shape index (κ2) is 7.33. The van der Waals surface area contributed by atoms with E-state index in [0.717, 1.165) is 30.6 Å². The van der Waals surface area contributed by atoms with E-state index in [0.29, 0.717) is 11.6 Å². The summed E-state index contributed by atoms with van der Waals surface area (Å²) in [5.74, 6) is 0.800. The van der Waals surface area contributed by atoms with Gasteiger partial charge >= 0.3 is 0 Å². The van der Waals surface area contributed by atoms with Gasteiger partial charge in [-0.1, -0.05) is 45.4 Å². The Morgan fingerprint density at radius 1 is 1.25 bits per heavy atom. The predicted octanol–water partition coefficient (Wildman–Crippen LogP) is 4.71. The van der Waals surface area contributed by atoms with E-state index < -0.39 is 0 Å². The molecule has 0 spiro atoms. The highest BCUT2D eigenvalue weighted by Crippen LogP contribution is 2.37. The maximum atomic E-state index is 6.44. The van der Waals surface area contributed by atoms with Crippen LogP contribution >= 0.6 is 11.6 Å². The zero-order valence-corrected chi connectivity index (χ0v) is 14.2. The molecule has 0 heterocycles. The van der Waals surface area contributed by atoms with Gasteiger partial charge in [0.25, 0.3) is 0 Å². The van der Waals surface area contributed by atoms with Gasteiger partial charge in [0.1, 0.15) is 5.75 Å². The van der Waals surface area contributed by atoms with Gasteiger partial charge in [-0.05, 0) is 48.8 Å². The van der Waals surface area contributed by atoms with Crippen LogP contribution in [0.1, 0.15) is 58.6 Å². The first kappa shape index (κ1) is 17.3. The van der Waals surface area contributed by atoms with E-state index in [4.69, 9.17) is 22.1 Å². The lowest BCUT2D eigenvalue weighted by molar-refractivity contribution is 0.335. The molecule has 20 heavy (non-hydrogen) atoms. The van der Waals surface area contributed by atoms with Gasteiger partial charge < -0.3 is 10.5 Å². The number of rotatable bonds is 7. The summed E-state index contributed by atoms with van der Waals surface area (Å²) in [6.07, 6.45) is 2.82. The van der Waals surface area contributed by atoms with Crippen LogP contribution in [0.3, 0.4) is 0 Å². The van der Waals surface area contributed by atoms with Crippen molar-refractivity contribution in [2.24, 2.45) is 5.73 Å². The van der Waals surface area contributed by atoms with Gasteiger partial charge in [0.2, 0.25) is 0 Å². The molecular weight excluding hydrogens is 270 g/mol. The fourth-order valence-electron chi connectivity index (χ4n) is 2.13. The second-order valence-electron chi connectivity index (χ2n) is 5.99. The van der Waals surface area contributed by atoms with Crippen LogP contribution in [0, 0.1) is 0 Å². The maximum absolute atomic E-state index is 6.44. The van der Waals surface area contributed by atoms with Crippen molar-refractivity contribution in [3.05, 3.63) is 28.3 Å². The Bertz CT molecular complexity index is 443. The van der Waals surface area contributed by atoms with Crippen LogP contribution in [0.25, 0.3) is 0 Å². The van der Waals surface area contributed by atoms with Crippen molar-refractivity contribution in [2.45, 2.75) is 65.3 Å². The predicted molar refractivity (Wildman–Crippen MR) is 87.9 cm³/mol. The van der Waals surface area contributed by atoms with Crippen LogP contribution in [-0.4, -0.2) is 12.6 Å². The summed E-state index contributed by atoms with van der Waals surface area (Å²) in [4.78, 5) is 0. The Labute approximate surface area is 128 Å². The van der Waals surface area contributed by atoms with Crippen LogP contribution in [0.2, 0.25) is 5.02 Å². The molecule has 0 aromatic heterocycles. The molecule has 0 aliphatic carbocycles. The highest BCUT2D eigenvalue weighted by molar-refractivity contribution is 6.32. The normalized spacial score (nSPS) is 13.3. The Balaban J connectivity index is 3.27. The molecule has 1 rings (SSSR count). The van der Waals surface area contributed by atoms with Crippen molar-refractivity contribution in [1.29, 1.82) is 0 Å². The number of benzene rings is 1. The molecule has 1 atom stereocenters. The van der Waals surface area contributed by atoms with Crippen molar-refractivity contribution < 1.29 is 4.74 Å². The fraction of sp³-hybridized carbons (Fsp3) is 0.647. The first-order valence-corrected chi connectivity index (χ1v) is 7.94. The molecule has 2 N–H and O–H groups in total. The molecule has 0 saturated carbocycles. The van der Waals surface area contributed by atoms with E-state index in [1.807, 2.05) is 13.0 Å². The Kier molecular flexibility index (Phi) is 6.35. The molecule has 3 heteroatoms. The molecule has 1 aromatic rings. The quantitative estimate of drug-likeness (QED) is 0.791. The minimum Gasteiger partial charge on any atom is -0.492 e. The van der Waals surface area contributed by atoms with Crippen LogP contribution in [0.15, 0.2) is 12.1 Å². The molecule has 0 radical (unpaired) electrons. The summed E-state index contributed by atoms with van der Waals surface area (Å²) >= 11 is 6.44. The van der Waals surface area contributed by atoms with Gasteiger partial charge in [-0.2, -0.15) is 0 Å². The third kappa shape index (κ3) is 4.13. The standard InChI is InChI=1S/C17H28ClNO/c1-6-14(19)10-12-9-13(17(4,5)7-2)11-15(18)16(12)20-8-3/h9,11,14H,6-8,10,19H2,1-5H3. The molecule has 0 aliphatic rings. The zero-order chi connectivity index (χ0) is 15.3. The third-order valence-electron chi connectivity index (χ3n) is 4.08. The lowest BCUT2D eigenvalue weighted by Crippen LogP contribution is -2.23. The summed E-state index contributed by atoms with van der Waals surface area (Å²) in [7, 11) is 0. The Morgan fingerprint density at radius 2 is 1.90 bits per heavy atom. The van der Waals surface area contributed by atoms with E-state index in [1.54, 1.807) is 0 Å². The molecular formula is C17H28ClNO. The summed E-state index contributed by atoms with van der Waals surface area (Å²) < 4.78 is 5.73. The number of nitrogens with two attached hydrogens (primary N) is 1. The average Bonchev–Trinajstić information content (AvgIpc) is 2.42. The van der Waals surface area contributed by atoms with Crippen molar-refractivity contribution in [1.82, 2.24) is 0 Å². The van der Waals surface area contributed by atoms with Gasteiger partial charge in [-0.25, -0.2) is 0 Å². The van der Waals surface area contributed by atoms with Gasteiger partial charge in [0.15, 0.2) is 0 Å². The largest absolute Gasteiger partial charge is 0.492 e. The van der Waals surface area contributed by atoms with E-state index >= 15 is 0 Å². The SMILES string of the molecule is CCOc1c(Cl)cc(C(C)(C)CC)cc1CC(N)CC. The van der Waals surface area contributed by atoms with E-state index in [1.165, 1.54) is 5.56 Å². The van der Waals surface area contributed by atoms with Gasteiger partial charge in [0, 0.05) is 6.04 Å². The highest BCUT2D eigenvalue weighted by Gasteiger charge is 2.22. The highest BCUT2D eigenvalue weighted by atomic mass is 35.5. The summed E-state index contributed by atoms with van der Waals surface area (Å²) in [5.41, 5.74) is 8.61. The van der Waals surface area contributed by atoms with Crippen molar-refractivity contribution >= 4 is 11.6 Å². The summed E-state index contributed by atoms with van der Waals surface area (Å²) in [6.45, 7) is 11.4. The molecule has 114 valence electrons. The smallest absolute Gasteiger partial charge is 0.141 e. The molecule has 0 amide bonds. The maximum Gasteiger partial charge on any atom is 0.141 e. The van der Waals surface area contributed by atoms with Crippen LogP contribution in [-0.2, 0) is 11.8 Å². The van der Waals surface area contributed by atoms with Crippen molar-refractivity contribution in [3.63, 3.8) is 0 Å². The summed E-state index contributed by atoms with van der Waals surface area (Å²) in [6, 6.07) is 4.40. The number of halogens is 1. The van der Waals surface area contributed by atoms with Crippen LogP contribution < -0.4 is 10.5 Å². The Hall–Kier alpha value is -0.730. The van der Waals surface area contributed by atoms with Crippen molar-refractivity contribution in [3.8, 4) is 5.75 Å². The van der Waals surface area contributed by atoms with Gasteiger partial charge in [0.05, 0.1) is 11.6 Å². The first-order valence-electron chi connectivity index (χ1n) is 7.56. The van der Waals surface area contributed by atoms with Gasteiger partial charge in [-0.15, -0.1) is 0 Å². The van der Waals surface area contributed by atoms with Crippen LogP contribution in [0.5, 0.6) is 5.75 Å². The third-order valence-corrected chi connectivity index (χ3v) is 4.36. The minimum atomic E-state index is 0.111. The topological polar surface area (TPSA) is 35.2 Å². The van der Waals surface area contributed by atoms with E-state index in [2.05, 4.69) is 33.8 Å². The molecule has 0 bridgehead atoms. The number of hydrogen-bond donors (Lipinski definition) is 1. The van der Waals surface area contributed by atoms with Gasteiger partial charge in [-0.3, -0.25) is 0 Å².